The van der Waals surface area contributed by atoms with Crippen molar-refractivity contribution in [1.29, 1.82) is 0 Å². The zero-order valence-electron chi connectivity index (χ0n) is 24.6. The number of hydrogen-bond donors (Lipinski definition) is 1. The Hall–Kier alpha value is -3.85. The quantitative estimate of drug-likeness (QED) is 0.173. The van der Waals surface area contributed by atoms with E-state index in [1.807, 2.05) is 44.2 Å². The highest BCUT2D eigenvalue weighted by molar-refractivity contribution is 7.92. The van der Waals surface area contributed by atoms with Crippen molar-refractivity contribution in [3.63, 3.8) is 0 Å². The van der Waals surface area contributed by atoms with E-state index in [2.05, 4.69) is 5.32 Å². The van der Waals surface area contributed by atoms with Gasteiger partial charge in [-0.05, 0) is 60.9 Å². The predicted octanol–water partition coefficient (Wildman–Crippen LogP) is 6.74. The first-order valence-electron chi connectivity index (χ1n) is 14.3. The van der Waals surface area contributed by atoms with Gasteiger partial charge < -0.3 is 10.2 Å². The van der Waals surface area contributed by atoms with E-state index in [0.717, 1.165) is 9.87 Å². The van der Waals surface area contributed by atoms with Gasteiger partial charge in [0.2, 0.25) is 11.8 Å². The van der Waals surface area contributed by atoms with Gasteiger partial charge in [-0.15, -0.1) is 0 Å². The molecule has 2 amide bonds. The predicted molar refractivity (Wildman–Crippen MR) is 176 cm³/mol. The Morgan fingerprint density at radius 2 is 1.43 bits per heavy atom. The SMILES string of the molecule is CC[C@H](C)NC(=O)[C@@H](Cc1ccccc1)N(Cc1ccc(Cl)cc1Cl)C(=O)CN(c1ccccc1)S(=O)(=O)c1ccccc1. The highest BCUT2D eigenvalue weighted by Gasteiger charge is 2.35. The van der Waals surface area contributed by atoms with Gasteiger partial charge in [-0.25, -0.2) is 8.42 Å². The second-order valence-electron chi connectivity index (χ2n) is 10.4. The molecule has 0 saturated heterocycles. The molecule has 10 heteroatoms. The molecular weight excluding hydrogens is 617 g/mol. The van der Waals surface area contributed by atoms with Crippen molar-refractivity contribution in [1.82, 2.24) is 10.2 Å². The van der Waals surface area contributed by atoms with Crippen LogP contribution in [0.2, 0.25) is 10.0 Å². The van der Waals surface area contributed by atoms with E-state index in [9.17, 15) is 18.0 Å². The molecular formula is C34H35Cl2N3O4S. The molecule has 0 aliphatic rings. The fraction of sp³-hybridized carbons (Fsp3) is 0.235. The van der Waals surface area contributed by atoms with Crippen molar-refractivity contribution in [3.05, 3.63) is 130 Å². The number of anilines is 1. The summed E-state index contributed by atoms with van der Waals surface area (Å²) in [4.78, 5) is 29.8. The summed E-state index contributed by atoms with van der Waals surface area (Å²) in [6.07, 6.45) is 0.898. The number of carbonyl (C=O) groups excluding carboxylic acids is 2. The third-order valence-corrected chi connectivity index (χ3v) is 9.66. The molecule has 0 spiro atoms. The van der Waals surface area contributed by atoms with Gasteiger partial charge >= 0.3 is 0 Å². The highest BCUT2D eigenvalue weighted by atomic mass is 35.5. The van der Waals surface area contributed by atoms with Crippen molar-refractivity contribution in [2.45, 2.75) is 50.2 Å². The number of hydrogen-bond acceptors (Lipinski definition) is 4. The Balaban J connectivity index is 1.81. The van der Waals surface area contributed by atoms with Gasteiger partial charge in [-0.2, -0.15) is 0 Å². The van der Waals surface area contributed by atoms with E-state index in [-0.39, 0.29) is 29.8 Å². The molecule has 2 atom stereocenters. The van der Waals surface area contributed by atoms with Crippen LogP contribution in [0.1, 0.15) is 31.4 Å². The number of carbonyl (C=O) groups is 2. The largest absolute Gasteiger partial charge is 0.352 e. The van der Waals surface area contributed by atoms with Crippen LogP contribution in [0.15, 0.2) is 114 Å². The van der Waals surface area contributed by atoms with Gasteiger partial charge in [0.25, 0.3) is 10.0 Å². The van der Waals surface area contributed by atoms with E-state index in [1.165, 1.54) is 17.0 Å². The third kappa shape index (κ3) is 8.40. The summed E-state index contributed by atoms with van der Waals surface area (Å²) in [5, 5.41) is 3.77. The molecule has 0 bridgehead atoms. The van der Waals surface area contributed by atoms with E-state index in [4.69, 9.17) is 23.2 Å². The second-order valence-corrected chi connectivity index (χ2v) is 13.1. The summed E-state index contributed by atoms with van der Waals surface area (Å²) < 4.78 is 29.0. The molecule has 7 nitrogen and oxygen atoms in total. The van der Waals surface area contributed by atoms with Crippen LogP contribution in [0, 0.1) is 0 Å². The van der Waals surface area contributed by atoms with Gasteiger partial charge in [-0.3, -0.25) is 13.9 Å². The Bertz CT molecular complexity index is 1660. The maximum absolute atomic E-state index is 14.4. The highest BCUT2D eigenvalue weighted by Crippen LogP contribution is 2.27. The maximum Gasteiger partial charge on any atom is 0.264 e. The Kier molecular flexibility index (Phi) is 11.4. The summed E-state index contributed by atoms with van der Waals surface area (Å²) in [5.41, 5.74) is 1.72. The molecule has 0 saturated carbocycles. The zero-order chi connectivity index (χ0) is 31.7. The normalized spacial score (nSPS) is 12.6. The number of sulfonamides is 1. The molecule has 0 fully saturated rings. The van der Waals surface area contributed by atoms with Crippen LogP contribution < -0.4 is 9.62 Å². The smallest absolute Gasteiger partial charge is 0.264 e. The van der Waals surface area contributed by atoms with Crippen LogP contribution in [0.3, 0.4) is 0 Å². The van der Waals surface area contributed by atoms with Crippen molar-refractivity contribution >= 4 is 50.7 Å². The molecule has 0 heterocycles. The molecule has 44 heavy (non-hydrogen) atoms. The van der Waals surface area contributed by atoms with Crippen LogP contribution >= 0.6 is 23.2 Å². The first kappa shape index (κ1) is 33.1. The second kappa shape index (κ2) is 15.2. The summed E-state index contributed by atoms with van der Waals surface area (Å²) in [7, 11) is -4.16. The number of halogens is 2. The van der Waals surface area contributed by atoms with Crippen molar-refractivity contribution in [2.24, 2.45) is 0 Å². The molecule has 0 aliphatic carbocycles. The number of nitrogens with zero attached hydrogens (tertiary/aromatic N) is 2. The van der Waals surface area contributed by atoms with Crippen LogP contribution in [0.5, 0.6) is 0 Å². The minimum atomic E-state index is -4.16. The van der Waals surface area contributed by atoms with Gasteiger partial charge in [0.15, 0.2) is 0 Å². The number of rotatable bonds is 13. The maximum atomic E-state index is 14.4. The summed E-state index contributed by atoms with van der Waals surface area (Å²) in [5.74, 6) is -0.918. The summed E-state index contributed by atoms with van der Waals surface area (Å²) >= 11 is 12.7. The van der Waals surface area contributed by atoms with Gasteiger partial charge in [0, 0.05) is 29.1 Å². The van der Waals surface area contributed by atoms with Crippen molar-refractivity contribution in [3.8, 4) is 0 Å². The number of para-hydroxylation sites is 1. The van der Waals surface area contributed by atoms with Gasteiger partial charge in [-0.1, -0.05) is 103 Å². The molecule has 4 aromatic rings. The number of nitrogens with one attached hydrogen (secondary N) is 1. The summed E-state index contributed by atoms with van der Waals surface area (Å²) in [6, 6.07) is 29.6. The van der Waals surface area contributed by atoms with Crippen LogP contribution in [0.25, 0.3) is 0 Å². The fourth-order valence-electron chi connectivity index (χ4n) is 4.67. The van der Waals surface area contributed by atoms with Crippen LogP contribution in [-0.4, -0.2) is 43.8 Å². The molecule has 4 aromatic carbocycles. The summed E-state index contributed by atoms with van der Waals surface area (Å²) in [6.45, 7) is 3.26. The Labute approximate surface area is 269 Å². The van der Waals surface area contributed by atoms with E-state index in [1.54, 1.807) is 66.7 Å². The number of amides is 2. The third-order valence-electron chi connectivity index (χ3n) is 7.28. The molecule has 230 valence electrons. The molecule has 0 aromatic heterocycles. The lowest BCUT2D eigenvalue weighted by Gasteiger charge is -2.34. The molecule has 0 aliphatic heterocycles. The monoisotopic (exact) mass is 651 g/mol. The Morgan fingerprint density at radius 3 is 2.02 bits per heavy atom. The van der Waals surface area contributed by atoms with Crippen molar-refractivity contribution < 1.29 is 18.0 Å². The molecule has 0 unspecified atom stereocenters. The minimum Gasteiger partial charge on any atom is -0.352 e. The molecule has 4 rings (SSSR count). The van der Waals surface area contributed by atoms with Gasteiger partial charge in [0.05, 0.1) is 10.6 Å². The van der Waals surface area contributed by atoms with E-state index in [0.29, 0.717) is 27.7 Å². The standard InChI is InChI=1S/C34H35Cl2N3O4S/c1-3-25(2)37-34(41)32(21-26-13-7-4-8-14-26)38(23-27-19-20-28(35)22-31(27)36)33(40)24-39(29-15-9-5-10-16-29)44(42,43)30-17-11-6-12-18-30/h4-20,22,25,32H,3,21,23-24H2,1-2H3,(H,37,41)/t25-,32+/m0/s1. The lowest BCUT2D eigenvalue weighted by Crippen LogP contribution is -2.54. The van der Waals surface area contributed by atoms with Crippen molar-refractivity contribution in [2.75, 3.05) is 10.8 Å². The number of benzene rings is 4. The molecule has 1 N–H and O–H groups in total. The average Bonchev–Trinajstić information content (AvgIpc) is 3.03. The zero-order valence-corrected chi connectivity index (χ0v) is 26.9. The lowest BCUT2D eigenvalue weighted by atomic mass is 10.0. The first-order valence-corrected chi connectivity index (χ1v) is 16.5. The van der Waals surface area contributed by atoms with Crippen LogP contribution in [-0.2, 0) is 32.6 Å². The first-order chi connectivity index (χ1) is 21.1. The van der Waals surface area contributed by atoms with Crippen LogP contribution in [0.4, 0.5) is 5.69 Å². The molecule has 0 radical (unpaired) electrons. The minimum absolute atomic E-state index is 0.0410. The van der Waals surface area contributed by atoms with Gasteiger partial charge in [0.1, 0.15) is 12.6 Å². The average molecular weight is 653 g/mol. The Morgan fingerprint density at radius 1 is 0.841 bits per heavy atom. The van der Waals surface area contributed by atoms with E-state index >= 15 is 0 Å². The fourth-order valence-corrected chi connectivity index (χ4v) is 6.57. The van der Waals surface area contributed by atoms with E-state index < -0.39 is 28.5 Å². The lowest BCUT2D eigenvalue weighted by molar-refractivity contribution is -0.140. The topological polar surface area (TPSA) is 86.8 Å².